The standard InChI is InChI=1S/C14H11NO2/c16-14(17)13-7-5-11(6-8-13)3-4-12-2-1-9-15-10-12/h1-10H,(H,16,17)/b4-3+. The molecule has 0 saturated heterocycles. The van der Waals surface area contributed by atoms with Crippen LogP contribution in [-0.4, -0.2) is 16.1 Å². The fourth-order valence-electron chi connectivity index (χ4n) is 1.40. The summed E-state index contributed by atoms with van der Waals surface area (Å²) in [5, 5.41) is 8.76. The molecule has 3 nitrogen and oxygen atoms in total. The van der Waals surface area contributed by atoms with E-state index < -0.39 is 5.97 Å². The summed E-state index contributed by atoms with van der Waals surface area (Å²) in [6.45, 7) is 0. The van der Waals surface area contributed by atoms with Gasteiger partial charge in [-0.25, -0.2) is 4.79 Å². The van der Waals surface area contributed by atoms with E-state index in [1.165, 1.54) is 0 Å². The Kier molecular flexibility index (Phi) is 3.31. The van der Waals surface area contributed by atoms with Gasteiger partial charge in [0.05, 0.1) is 5.56 Å². The van der Waals surface area contributed by atoms with Gasteiger partial charge in [-0.15, -0.1) is 0 Å². The van der Waals surface area contributed by atoms with Crippen LogP contribution < -0.4 is 0 Å². The molecule has 1 aromatic heterocycles. The van der Waals surface area contributed by atoms with E-state index in [1.807, 2.05) is 24.3 Å². The van der Waals surface area contributed by atoms with Gasteiger partial charge in [0.25, 0.3) is 0 Å². The third-order valence-corrected chi connectivity index (χ3v) is 2.31. The number of hydrogen-bond donors (Lipinski definition) is 1. The Hall–Kier alpha value is -2.42. The van der Waals surface area contributed by atoms with E-state index in [1.54, 1.807) is 36.7 Å². The van der Waals surface area contributed by atoms with Gasteiger partial charge in [0.15, 0.2) is 0 Å². The topological polar surface area (TPSA) is 50.2 Å². The molecule has 0 spiro atoms. The molecule has 17 heavy (non-hydrogen) atoms. The zero-order valence-corrected chi connectivity index (χ0v) is 9.08. The zero-order chi connectivity index (χ0) is 12.1. The maximum Gasteiger partial charge on any atom is 0.335 e. The van der Waals surface area contributed by atoms with Crippen LogP contribution in [0, 0.1) is 0 Å². The van der Waals surface area contributed by atoms with Crippen molar-refractivity contribution in [2.24, 2.45) is 0 Å². The number of pyridine rings is 1. The first-order chi connectivity index (χ1) is 8.25. The summed E-state index contributed by atoms with van der Waals surface area (Å²) in [6, 6.07) is 10.5. The lowest BCUT2D eigenvalue weighted by Gasteiger charge is -1.96. The lowest BCUT2D eigenvalue weighted by atomic mass is 10.1. The van der Waals surface area contributed by atoms with Crippen LogP contribution in [0.5, 0.6) is 0 Å². The molecular weight excluding hydrogens is 214 g/mol. The average Bonchev–Trinajstić information content (AvgIpc) is 2.38. The minimum absolute atomic E-state index is 0.295. The SMILES string of the molecule is O=C(O)c1ccc(/C=C/c2cccnc2)cc1. The summed E-state index contributed by atoms with van der Waals surface area (Å²) >= 11 is 0. The predicted octanol–water partition coefficient (Wildman–Crippen LogP) is 2.95. The normalized spacial score (nSPS) is 10.6. The molecule has 3 heteroatoms. The van der Waals surface area contributed by atoms with E-state index in [4.69, 9.17) is 5.11 Å². The van der Waals surface area contributed by atoms with Gasteiger partial charge in [-0.2, -0.15) is 0 Å². The van der Waals surface area contributed by atoms with Crippen molar-refractivity contribution in [1.82, 2.24) is 4.98 Å². The first kappa shape index (κ1) is 11.1. The van der Waals surface area contributed by atoms with Gasteiger partial charge in [-0.3, -0.25) is 4.98 Å². The summed E-state index contributed by atoms with van der Waals surface area (Å²) in [5.41, 5.74) is 2.26. The van der Waals surface area contributed by atoms with Gasteiger partial charge in [0, 0.05) is 12.4 Å². The van der Waals surface area contributed by atoms with E-state index in [9.17, 15) is 4.79 Å². The molecule has 0 fully saturated rings. The highest BCUT2D eigenvalue weighted by Crippen LogP contribution is 2.09. The average molecular weight is 225 g/mol. The molecule has 2 aromatic rings. The fraction of sp³-hybridized carbons (Fsp3) is 0. The number of carbonyl (C=O) groups is 1. The Bertz CT molecular complexity index is 530. The van der Waals surface area contributed by atoms with E-state index in [2.05, 4.69) is 4.98 Å². The minimum atomic E-state index is -0.909. The first-order valence-corrected chi connectivity index (χ1v) is 5.17. The van der Waals surface area contributed by atoms with Crippen LogP contribution in [-0.2, 0) is 0 Å². The Labute approximate surface area is 99.1 Å². The number of nitrogens with zero attached hydrogens (tertiary/aromatic N) is 1. The molecule has 0 radical (unpaired) electrons. The quantitative estimate of drug-likeness (QED) is 0.873. The molecule has 0 bridgehead atoms. The largest absolute Gasteiger partial charge is 0.478 e. The third-order valence-electron chi connectivity index (χ3n) is 2.31. The lowest BCUT2D eigenvalue weighted by Crippen LogP contribution is -1.94. The molecule has 0 aliphatic rings. The van der Waals surface area contributed by atoms with Crippen molar-refractivity contribution in [1.29, 1.82) is 0 Å². The van der Waals surface area contributed by atoms with Crippen molar-refractivity contribution >= 4 is 18.1 Å². The molecule has 0 unspecified atom stereocenters. The van der Waals surface area contributed by atoms with Gasteiger partial charge in [0.1, 0.15) is 0 Å². The maximum atomic E-state index is 10.7. The predicted molar refractivity (Wildman–Crippen MR) is 66.6 cm³/mol. The van der Waals surface area contributed by atoms with E-state index in [-0.39, 0.29) is 0 Å². The second-order valence-electron chi connectivity index (χ2n) is 3.55. The van der Waals surface area contributed by atoms with Gasteiger partial charge in [0.2, 0.25) is 0 Å². The van der Waals surface area contributed by atoms with Gasteiger partial charge >= 0.3 is 5.97 Å². The van der Waals surface area contributed by atoms with Crippen LogP contribution in [0.25, 0.3) is 12.2 Å². The lowest BCUT2D eigenvalue weighted by molar-refractivity contribution is 0.0697. The van der Waals surface area contributed by atoms with E-state index >= 15 is 0 Å². The molecule has 2 rings (SSSR count). The van der Waals surface area contributed by atoms with E-state index in [0.717, 1.165) is 11.1 Å². The second kappa shape index (κ2) is 5.07. The minimum Gasteiger partial charge on any atom is -0.478 e. The van der Waals surface area contributed by atoms with Gasteiger partial charge < -0.3 is 5.11 Å². The summed E-state index contributed by atoms with van der Waals surface area (Å²) in [7, 11) is 0. The second-order valence-corrected chi connectivity index (χ2v) is 3.55. The van der Waals surface area contributed by atoms with Crippen LogP contribution in [0.4, 0.5) is 0 Å². The summed E-state index contributed by atoms with van der Waals surface area (Å²) in [5.74, 6) is -0.909. The van der Waals surface area contributed by atoms with Gasteiger partial charge in [-0.05, 0) is 29.3 Å². The maximum absolute atomic E-state index is 10.7. The highest BCUT2D eigenvalue weighted by Gasteiger charge is 1.99. The molecular formula is C14H11NO2. The van der Waals surface area contributed by atoms with Crippen LogP contribution in [0.2, 0.25) is 0 Å². The Morgan fingerprint density at radius 3 is 2.35 bits per heavy atom. The number of rotatable bonds is 3. The molecule has 1 N–H and O–H groups in total. The highest BCUT2D eigenvalue weighted by atomic mass is 16.4. The Morgan fingerprint density at radius 1 is 1.06 bits per heavy atom. The van der Waals surface area contributed by atoms with Crippen molar-refractivity contribution in [3.05, 3.63) is 65.5 Å². The van der Waals surface area contributed by atoms with Gasteiger partial charge in [-0.1, -0.05) is 30.4 Å². The summed E-state index contributed by atoms with van der Waals surface area (Å²) in [4.78, 5) is 14.7. The fourth-order valence-corrected chi connectivity index (χ4v) is 1.40. The number of aromatic nitrogens is 1. The van der Waals surface area contributed by atoms with Crippen LogP contribution in [0.15, 0.2) is 48.8 Å². The van der Waals surface area contributed by atoms with Crippen molar-refractivity contribution in [2.75, 3.05) is 0 Å². The molecule has 0 aliphatic heterocycles. The number of hydrogen-bond acceptors (Lipinski definition) is 2. The molecule has 0 saturated carbocycles. The molecule has 0 atom stereocenters. The van der Waals surface area contributed by atoms with Crippen molar-refractivity contribution in [2.45, 2.75) is 0 Å². The number of aromatic carboxylic acids is 1. The van der Waals surface area contributed by atoms with E-state index in [0.29, 0.717) is 5.56 Å². The first-order valence-electron chi connectivity index (χ1n) is 5.17. The third kappa shape index (κ3) is 3.01. The smallest absolute Gasteiger partial charge is 0.335 e. The molecule has 1 heterocycles. The van der Waals surface area contributed by atoms with Crippen LogP contribution in [0.1, 0.15) is 21.5 Å². The molecule has 0 amide bonds. The van der Waals surface area contributed by atoms with Crippen molar-refractivity contribution in [3.8, 4) is 0 Å². The monoisotopic (exact) mass is 225 g/mol. The van der Waals surface area contributed by atoms with Crippen LogP contribution >= 0.6 is 0 Å². The molecule has 84 valence electrons. The number of carboxylic acids is 1. The zero-order valence-electron chi connectivity index (χ0n) is 9.08. The number of carboxylic acid groups (broad SMARTS) is 1. The molecule has 1 aromatic carbocycles. The number of benzene rings is 1. The summed E-state index contributed by atoms with van der Waals surface area (Å²) < 4.78 is 0. The Balaban J connectivity index is 2.14. The summed E-state index contributed by atoms with van der Waals surface area (Å²) in [6.07, 6.45) is 7.34. The van der Waals surface area contributed by atoms with Crippen molar-refractivity contribution < 1.29 is 9.90 Å². The molecule has 0 aliphatic carbocycles. The van der Waals surface area contributed by atoms with Crippen LogP contribution in [0.3, 0.4) is 0 Å². The highest BCUT2D eigenvalue weighted by molar-refractivity contribution is 5.88. The Morgan fingerprint density at radius 2 is 1.76 bits per heavy atom. The van der Waals surface area contributed by atoms with Crippen molar-refractivity contribution in [3.63, 3.8) is 0 Å².